The first-order chi connectivity index (χ1) is 12.6. The van der Waals surface area contributed by atoms with Gasteiger partial charge in [0.15, 0.2) is 0 Å². The van der Waals surface area contributed by atoms with Gasteiger partial charge in [0.05, 0.1) is 11.7 Å². The average Bonchev–Trinajstić information content (AvgIpc) is 2.98. The van der Waals surface area contributed by atoms with Gasteiger partial charge in [0.1, 0.15) is 22.8 Å². The summed E-state index contributed by atoms with van der Waals surface area (Å²) in [7, 11) is 0. The van der Waals surface area contributed by atoms with Gasteiger partial charge in [-0.3, -0.25) is 9.55 Å². The molecular weight excluding hydrogens is 322 g/mol. The van der Waals surface area contributed by atoms with Crippen molar-refractivity contribution in [3.8, 4) is 17.2 Å². The zero-order valence-corrected chi connectivity index (χ0v) is 15.2. The monoisotopic (exact) mass is 343 g/mol. The zero-order chi connectivity index (χ0) is 18.1. The first kappa shape index (κ1) is 16.3. The van der Waals surface area contributed by atoms with Gasteiger partial charge in [0.2, 0.25) is 0 Å². The molecule has 130 valence electrons. The maximum absolute atomic E-state index is 6.02. The normalized spacial score (nSPS) is 11.2. The summed E-state index contributed by atoms with van der Waals surface area (Å²) in [5.41, 5.74) is 4.28. The van der Waals surface area contributed by atoms with Gasteiger partial charge in [-0.15, -0.1) is 0 Å². The Kier molecular flexibility index (Phi) is 4.17. The van der Waals surface area contributed by atoms with E-state index in [1.165, 1.54) is 5.56 Å². The van der Waals surface area contributed by atoms with Crippen molar-refractivity contribution >= 4 is 11.0 Å². The van der Waals surface area contributed by atoms with Crippen LogP contribution < -0.4 is 4.74 Å². The van der Waals surface area contributed by atoms with Crippen LogP contribution in [0.2, 0.25) is 0 Å². The van der Waals surface area contributed by atoms with Crippen LogP contribution in [-0.2, 0) is 0 Å². The molecule has 2 heterocycles. The SMILES string of the molecule is Cc1nc2cnccc2n1-c1ccc(Oc2cccc(C(C)C)c2)cc1. The molecule has 4 nitrogen and oxygen atoms in total. The minimum atomic E-state index is 0.480. The van der Waals surface area contributed by atoms with Gasteiger partial charge >= 0.3 is 0 Å². The summed E-state index contributed by atoms with van der Waals surface area (Å²) in [4.78, 5) is 8.72. The molecule has 0 unspecified atom stereocenters. The highest BCUT2D eigenvalue weighted by molar-refractivity contribution is 5.77. The summed E-state index contributed by atoms with van der Waals surface area (Å²) in [6.45, 7) is 6.37. The van der Waals surface area contributed by atoms with Gasteiger partial charge in [0, 0.05) is 11.9 Å². The highest BCUT2D eigenvalue weighted by atomic mass is 16.5. The Hall–Kier alpha value is -3.14. The molecular formula is C22H21N3O. The van der Waals surface area contributed by atoms with Crippen molar-refractivity contribution in [2.75, 3.05) is 0 Å². The van der Waals surface area contributed by atoms with E-state index in [-0.39, 0.29) is 0 Å². The molecule has 4 heteroatoms. The Bertz CT molecular complexity index is 1050. The second-order valence-corrected chi connectivity index (χ2v) is 6.68. The number of hydrogen-bond donors (Lipinski definition) is 0. The van der Waals surface area contributed by atoms with E-state index < -0.39 is 0 Å². The van der Waals surface area contributed by atoms with E-state index in [9.17, 15) is 0 Å². The van der Waals surface area contributed by atoms with Gasteiger partial charge in [0.25, 0.3) is 0 Å². The molecule has 0 aliphatic carbocycles. The maximum Gasteiger partial charge on any atom is 0.127 e. The van der Waals surface area contributed by atoms with E-state index in [0.717, 1.165) is 34.0 Å². The van der Waals surface area contributed by atoms with E-state index in [1.807, 2.05) is 37.3 Å². The number of rotatable bonds is 4. The average molecular weight is 343 g/mol. The molecule has 0 N–H and O–H groups in total. The molecule has 0 amide bonds. The Morgan fingerprint density at radius 3 is 2.54 bits per heavy atom. The van der Waals surface area contributed by atoms with Gasteiger partial charge in [-0.1, -0.05) is 26.0 Å². The first-order valence-electron chi connectivity index (χ1n) is 8.79. The molecule has 0 aliphatic heterocycles. The van der Waals surface area contributed by atoms with Crippen LogP contribution in [0.25, 0.3) is 16.7 Å². The number of ether oxygens (including phenoxy) is 1. The Labute approximate surface area is 153 Å². The van der Waals surface area contributed by atoms with E-state index >= 15 is 0 Å². The summed E-state index contributed by atoms with van der Waals surface area (Å²) in [6.07, 6.45) is 3.58. The molecule has 2 aromatic carbocycles. The van der Waals surface area contributed by atoms with Crippen molar-refractivity contribution in [2.45, 2.75) is 26.7 Å². The summed E-state index contributed by atoms with van der Waals surface area (Å²) >= 11 is 0. The van der Waals surface area contributed by atoms with Crippen LogP contribution in [0.1, 0.15) is 31.2 Å². The second-order valence-electron chi connectivity index (χ2n) is 6.68. The van der Waals surface area contributed by atoms with Gasteiger partial charge in [-0.25, -0.2) is 4.98 Å². The number of fused-ring (bicyclic) bond motifs is 1. The van der Waals surface area contributed by atoms with E-state index in [0.29, 0.717) is 5.92 Å². The van der Waals surface area contributed by atoms with Crippen LogP contribution in [0.4, 0.5) is 0 Å². The van der Waals surface area contributed by atoms with Crippen LogP contribution in [0, 0.1) is 6.92 Å². The smallest absolute Gasteiger partial charge is 0.127 e. The van der Waals surface area contributed by atoms with Crippen molar-refractivity contribution in [1.82, 2.24) is 14.5 Å². The van der Waals surface area contributed by atoms with E-state index in [1.54, 1.807) is 12.4 Å². The second kappa shape index (κ2) is 6.64. The summed E-state index contributed by atoms with van der Waals surface area (Å²) in [6, 6.07) is 18.3. The van der Waals surface area contributed by atoms with Gasteiger partial charge in [-0.05, 0) is 60.9 Å². The number of nitrogens with zero attached hydrogens (tertiary/aromatic N) is 3. The molecule has 0 saturated carbocycles. The molecule has 0 spiro atoms. The molecule has 0 saturated heterocycles. The van der Waals surface area contributed by atoms with Crippen LogP contribution >= 0.6 is 0 Å². The lowest BCUT2D eigenvalue weighted by molar-refractivity contribution is 0.481. The lowest BCUT2D eigenvalue weighted by Gasteiger charge is -2.11. The third-order valence-corrected chi connectivity index (χ3v) is 4.48. The first-order valence-corrected chi connectivity index (χ1v) is 8.79. The molecule has 26 heavy (non-hydrogen) atoms. The fraction of sp³-hybridized carbons (Fsp3) is 0.182. The lowest BCUT2D eigenvalue weighted by Crippen LogP contribution is -1.97. The molecule has 0 radical (unpaired) electrons. The van der Waals surface area contributed by atoms with Crippen LogP contribution in [-0.4, -0.2) is 14.5 Å². The number of imidazole rings is 1. The number of aromatic nitrogens is 3. The fourth-order valence-corrected chi connectivity index (χ4v) is 3.12. The van der Waals surface area contributed by atoms with Crippen LogP contribution in [0.15, 0.2) is 67.0 Å². The third-order valence-electron chi connectivity index (χ3n) is 4.48. The van der Waals surface area contributed by atoms with Crippen LogP contribution in [0.5, 0.6) is 11.5 Å². The molecule has 4 rings (SSSR count). The predicted molar refractivity (Wildman–Crippen MR) is 104 cm³/mol. The summed E-state index contributed by atoms with van der Waals surface area (Å²) < 4.78 is 8.15. The standard InChI is InChI=1S/C22H21N3O/c1-15(2)17-5-4-6-20(13-17)26-19-9-7-18(8-10-19)25-16(3)24-21-14-23-12-11-22(21)25/h4-15H,1-3H3. The molecule has 0 atom stereocenters. The molecule has 0 bridgehead atoms. The molecule has 0 fully saturated rings. The molecule has 4 aromatic rings. The summed E-state index contributed by atoms with van der Waals surface area (Å²) in [5.74, 6) is 3.09. The quantitative estimate of drug-likeness (QED) is 0.481. The van der Waals surface area contributed by atoms with Crippen molar-refractivity contribution < 1.29 is 4.74 Å². The fourth-order valence-electron chi connectivity index (χ4n) is 3.12. The molecule has 0 aliphatic rings. The summed E-state index contributed by atoms with van der Waals surface area (Å²) in [5, 5.41) is 0. The predicted octanol–water partition coefficient (Wildman–Crippen LogP) is 5.64. The lowest BCUT2D eigenvalue weighted by atomic mass is 10.0. The highest BCUT2D eigenvalue weighted by Crippen LogP contribution is 2.27. The third kappa shape index (κ3) is 3.06. The van der Waals surface area contributed by atoms with Crippen molar-refractivity contribution in [1.29, 1.82) is 0 Å². The molecule has 2 aromatic heterocycles. The van der Waals surface area contributed by atoms with E-state index in [4.69, 9.17) is 4.74 Å². The maximum atomic E-state index is 6.02. The zero-order valence-electron chi connectivity index (χ0n) is 15.2. The van der Waals surface area contributed by atoms with Crippen LogP contribution in [0.3, 0.4) is 0 Å². The topological polar surface area (TPSA) is 39.9 Å². The largest absolute Gasteiger partial charge is 0.457 e. The number of hydrogen-bond acceptors (Lipinski definition) is 3. The number of aryl methyl sites for hydroxylation is 1. The minimum absolute atomic E-state index is 0.480. The van der Waals surface area contributed by atoms with Crippen molar-refractivity contribution in [3.63, 3.8) is 0 Å². The van der Waals surface area contributed by atoms with Crippen molar-refractivity contribution in [3.05, 3.63) is 78.4 Å². The van der Waals surface area contributed by atoms with Crippen molar-refractivity contribution in [2.24, 2.45) is 0 Å². The Balaban J connectivity index is 1.63. The van der Waals surface area contributed by atoms with E-state index in [2.05, 4.69) is 52.6 Å². The van der Waals surface area contributed by atoms with Gasteiger partial charge in [-0.2, -0.15) is 0 Å². The minimum Gasteiger partial charge on any atom is -0.457 e. The highest BCUT2D eigenvalue weighted by Gasteiger charge is 2.09. The number of benzene rings is 2. The Morgan fingerprint density at radius 2 is 1.77 bits per heavy atom. The number of pyridine rings is 1. The Morgan fingerprint density at radius 1 is 0.962 bits per heavy atom. The van der Waals surface area contributed by atoms with Gasteiger partial charge < -0.3 is 4.74 Å².